The molecular weight excluding hydrogens is 397 g/mol. The van der Waals surface area contributed by atoms with Crippen LogP contribution in [-0.4, -0.2) is 5.21 Å². The topological polar surface area (TPSA) is 71.8 Å². The van der Waals surface area contributed by atoms with Crippen molar-refractivity contribution in [1.29, 1.82) is 0 Å². The fourth-order valence-corrected chi connectivity index (χ4v) is 2.58. The molecule has 4 N–H and O–H groups in total. The van der Waals surface area contributed by atoms with Crippen LogP contribution in [0.2, 0.25) is 0 Å². The Balaban J connectivity index is 2.29. The Morgan fingerprint density at radius 3 is 1.62 bits per heavy atom. The summed E-state index contributed by atoms with van der Waals surface area (Å²) in [5.41, 5.74) is 1.74. The minimum Gasteiger partial charge on any atom is -0.595 e. The second-order valence-electron chi connectivity index (χ2n) is 5.31. The van der Waals surface area contributed by atoms with Crippen LogP contribution in [0.5, 0.6) is 0 Å². The predicted octanol–water partition coefficient (Wildman–Crippen LogP) is 3.39. The molecule has 138 valence electrons. The molecule has 2 aromatic carbocycles. The van der Waals surface area contributed by atoms with E-state index in [0.29, 0.717) is 13.1 Å². The summed E-state index contributed by atoms with van der Waals surface area (Å²) in [5, 5.41) is 26.0. The predicted molar refractivity (Wildman–Crippen MR) is 104 cm³/mol. The van der Waals surface area contributed by atoms with Crippen LogP contribution in [-0.2, 0) is 13.1 Å². The van der Waals surface area contributed by atoms with Crippen molar-refractivity contribution < 1.29 is 10.4 Å². The molecule has 0 aliphatic heterocycles. The molecule has 0 spiro atoms. The van der Waals surface area contributed by atoms with Crippen LogP contribution in [0.25, 0.3) is 0 Å². The SMILES string of the molecule is [O-][NH+](O)C(=C(NCc1ccccc1)NCc1ccccc1)C(Cl)=C(Cl)Cl. The molecule has 0 fully saturated rings. The van der Waals surface area contributed by atoms with Gasteiger partial charge >= 0.3 is 0 Å². The highest BCUT2D eigenvalue weighted by atomic mass is 35.5. The van der Waals surface area contributed by atoms with Gasteiger partial charge in [0.1, 0.15) is 9.52 Å². The van der Waals surface area contributed by atoms with Gasteiger partial charge in [-0.1, -0.05) is 95.5 Å². The average Bonchev–Trinajstić information content (AvgIpc) is 2.64. The first-order valence-electron chi connectivity index (χ1n) is 7.73. The lowest BCUT2D eigenvalue weighted by Gasteiger charge is -2.21. The summed E-state index contributed by atoms with van der Waals surface area (Å²) in [5.74, 6) is 0.231. The molecule has 26 heavy (non-hydrogen) atoms. The summed E-state index contributed by atoms with van der Waals surface area (Å²) >= 11 is 17.4. The molecule has 1 unspecified atom stereocenters. The van der Waals surface area contributed by atoms with E-state index in [4.69, 9.17) is 34.8 Å². The van der Waals surface area contributed by atoms with Crippen molar-refractivity contribution in [2.24, 2.45) is 0 Å². The van der Waals surface area contributed by atoms with Crippen molar-refractivity contribution in [2.45, 2.75) is 13.1 Å². The summed E-state index contributed by atoms with van der Waals surface area (Å²) in [7, 11) is 0. The molecule has 1 atom stereocenters. The van der Waals surface area contributed by atoms with Crippen LogP contribution >= 0.6 is 34.8 Å². The molecule has 0 saturated heterocycles. The molecule has 2 aromatic rings. The number of rotatable bonds is 8. The van der Waals surface area contributed by atoms with Crippen LogP contribution in [0.1, 0.15) is 11.1 Å². The molecule has 0 radical (unpaired) electrons. The highest BCUT2D eigenvalue weighted by molar-refractivity contribution is 6.59. The lowest BCUT2D eigenvalue weighted by atomic mass is 10.2. The lowest BCUT2D eigenvalue weighted by molar-refractivity contribution is -1.01. The minimum atomic E-state index is -1.25. The van der Waals surface area contributed by atoms with E-state index in [1.807, 2.05) is 60.7 Å². The van der Waals surface area contributed by atoms with Crippen LogP contribution in [0.3, 0.4) is 0 Å². The van der Waals surface area contributed by atoms with Gasteiger partial charge in [0.2, 0.25) is 5.70 Å². The summed E-state index contributed by atoms with van der Waals surface area (Å²) in [6.07, 6.45) is 0. The van der Waals surface area contributed by atoms with E-state index in [1.54, 1.807) is 0 Å². The monoisotopic (exact) mass is 413 g/mol. The number of benzene rings is 2. The van der Waals surface area contributed by atoms with Crippen molar-refractivity contribution in [1.82, 2.24) is 10.6 Å². The maximum atomic E-state index is 11.7. The Morgan fingerprint density at radius 1 is 0.846 bits per heavy atom. The number of hydrogen-bond donors (Lipinski definition) is 4. The number of hydroxylamine groups is 2. The van der Waals surface area contributed by atoms with Crippen LogP contribution < -0.4 is 15.9 Å². The first-order chi connectivity index (χ1) is 12.5. The molecule has 0 saturated carbocycles. The van der Waals surface area contributed by atoms with Gasteiger partial charge in [-0.2, -0.15) is 5.23 Å². The quantitative estimate of drug-likeness (QED) is 0.395. The minimum absolute atomic E-state index is 0.224. The molecule has 0 aliphatic carbocycles. The molecule has 2 rings (SSSR count). The van der Waals surface area contributed by atoms with Gasteiger partial charge in [-0.15, -0.1) is 0 Å². The summed E-state index contributed by atoms with van der Waals surface area (Å²) in [6.45, 7) is 0.803. The van der Waals surface area contributed by atoms with Gasteiger partial charge in [0.05, 0.1) is 0 Å². The van der Waals surface area contributed by atoms with Crippen molar-refractivity contribution in [3.63, 3.8) is 0 Å². The highest BCUT2D eigenvalue weighted by Crippen LogP contribution is 2.23. The summed E-state index contributed by atoms with van der Waals surface area (Å²) < 4.78 is -0.315. The van der Waals surface area contributed by atoms with Crippen molar-refractivity contribution in [2.75, 3.05) is 0 Å². The molecule has 0 aromatic heterocycles. The first-order valence-corrected chi connectivity index (χ1v) is 8.86. The van der Waals surface area contributed by atoms with Gasteiger partial charge < -0.3 is 15.8 Å². The van der Waals surface area contributed by atoms with E-state index in [9.17, 15) is 10.4 Å². The smallest absolute Gasteiger partial charge is 0.225 e. The molecule has 5 nitrogen and oxygen atoms in total. The van der Waals surface area contributed by atoms with Crippen molar-refractivity contribution in [3.8, 4) is 0 Å². The molecule has 8 heteroatoms. The average molecular weight is 415 g/mol. The third-order valence-electron chi connectivity index (χ3n) is 3.47. The Kier molecular flexibility index (Phi) is 8.25. The lowest BCUT2D eigenvalue weighted by Crippen LogP contribution is -3.03. The van der Waals surface area contributed by atoms with E-state index in [-0.39, 0.29) is 21.0 Å². The largest absolute Gasteiger partial charge is 0.595 e. The van der Waals surface area contributed by atoms with Gasteiger partial charge in [-0.05, 0) is 11.1 Å². The highest BCUT2D eigenvalue weighted by Gasteiger charge is 2.21. The zero-order valence-corrected chi connectivity index (χ0v) is 15.9. The Bertz CT molecular complexity index is 716. The van der Waals surface area contributed by atoms with Gasteiger partial charge in [0.15, 0.2) is 5.82 Å². The molecule has 0 bridgehead atoms. The summed E-state index contributed by atoms with van der Waals surface area (Å²) in [6, 6.07) is 19.1. The van der Waals surface area contributed by atoms with Crippen LogP contribution in [0, 0.1) is 5.21 Å². The van der Waals surface area contributed by atoms with E-state index in [0.717, 1.165) is 11.1 Å². The van der Waals surface area contributed by atoms with E-state index in [2.05, 4.69) is 10.6 Å². The van der Waals surface area contributed by atoms with Crippen LogP contribution in [0.15, 0.2) is 81.7 Å². The third-order valence-corrected chi connectivity index (χ3v) is 4.42. The zero-order valence-electron chi connectivity index (χ0n) is 13.7. The Hall–Kier alpha value is -1.73. The van der Waals surface area contributed by atoms with Gasteiger partial charge in [-0.3, -0.25) is 0 Å². The second-order valence-corrected chi connectivity index (χ2v) is 6.64. The van der Waals surface area contributed by atoms with Crippen molar-refractivity contribution in [3.05, 3.63) is 98.0 Å². The van der Waals surface area contributed by atoms with Gasteiger partial charge in [0, 0.05) is 13.1 Å². The van der Waals surface area contributed by atoms with Gasteiger partial charge in [-0.25, -0.2) is 5.21 Å². The first kappa shape index (κ1) is 20.6. The maximum absolute atomic E-state index is 11.7. The Labute approximate surface area is 167 Å². The standard InChI is InChI=1S/C18H18Cl3N3O2/c19-15(17(20)21)16(24(25)26)18(22-11-13-7-3-1-4-8-13)23-12-14-9-5-2-6-10-14/h1-10,22-25H,11-12H2. The molecule has 0 heterocycles. The van der Waals surface area contributed by atoms with E-state index >= 15 is 0 Å². The molecule has 0 aliphatic rings. The van der Waals surface area contributed by atoms with E-state index in [1.165, 1.54) is 0 Å². The summed E-state index contributed by atoms with van der Waals surface area (Å²) in [4.78, 5) is 0. The Morgan fingerprint density at radius 2 is 1.27 bits per heavy atom. The fraction of sp³-hybridized carbons (Fsp3) is 0.111. The normalized spacial score (nSPS) is 11.4. The number of quaternary nitrogens is 1. The second kappa shape index (κ2) is 10.4. The fourth-order valence-electron chi connectivity index (χ4n) is 2.22. The number of hydrogen-bond acceptors (Lipinski definition) is 4. The maximum Gasteiger partial charge on any atom is 0.225 e. The zero-order chi connectivity index (χ0) is 18.9. The van der Waals surface area contributed by atoms with Gasteiger partial charge in [0.25, 0.3) is 0 Å². The number of nitrogens with one attached hydrogen (secondary N) is 3. The third kappa shape index (κ3) is 6.21. The molecular formula is C18H18Cl3N3O2. The van der Waals surface area contributed by atoms with Crippen molar-refractivity contribution >= 4 is 34.8 Å². The number of allylic oxidation sites excluding steroid dienone is 1. The van der Waals surface area contributed by atoms with E-state index < -0.39 is 5.23 Å². The van der Waals surface area contributed by atoms with Crippen LogP contribution in [0.4, 0.5) is 0 Å². The molecule has 0 amide bonds. The number of halogens is 3.